The molecule has 1 aromatic carbocycles. The number of amides is 1. The molecule has 2 N–H and O–H groups in total. The summed E-state index contributed by atoms with van der Waals surface area (Å²) < 4.78 is 50.5. The van der Waals surface area contributed by atoms with Crippen LogP contribution in [0.25, 0.3) is 22.4 Å². The average molecular weight is 434 g/mol. The van der Waals surface area contributed by atoms with E-state index in [0.717, 1.165) is 38.4 Å². The number of hydrogen-bond donors (Lipinski definition) is 1. The van der Waals surface area contributed by atoms with Crippen LogP contribution in [0.3, 0.4) is 0 Å². The first kappa shape index (κ1) is 21.1. The van der Waals surface area contributed by atoms with Crippen LogP contribution in [0.2, 0.25) is 0 Å². The summed E-state index contributed by atoms with van der Waals surface area (Å²) in [7, 11) is 1.35. The molecule has 164 valence electrons. The number of hydrogen-bond acceptors (Lipinski definition) is 6. The Balaban J connectivity index is 1.81. The monoisotopic (exact) mass is 434 g/mol. The lowest BCUT2D eigenvalue weighted by atomic mass is 10.1. The van der Waals surface area contributed by atoms with E-state index in [-0.39, 0.29) is 22.9 Å². The summed E-state index contributed by atoms with van der Waals surface area (Å²) in [6, 6.07) is 5.28. The van der Waals surface area contributed by atoms with Crippen molar-refractivity contribution in [1.29, 1.82) is 0 Å². The molecule has 0 atom stereocenters. The van der Waals surface area contributed by atoms with Crippen LogP contribution in [-0.4, -0.2) is 41.0 Å². The fourth-order valence-corrected chi connectivity index (χ4v) is 3.79. The third-order valence-electron chi connectivity index (χ3n) is 5.31. The molecule has 3 heterocycles. The molecule has 0 radical (unpaired) electrons. The quantitative estimate of drug-likeness (QED) is 0.652. The first-order valence-corrected chi connectivity index (χ1v) is 9.85. The summed E-state index contributed by atoms with van der Waals surface area (Å²) in [5, 5.41) is 0.356. The number of rotatable bonds is 5. The average Bonchev–Trinajstić information content (AvgIpc) is 3.16. The molecular formula is C21H21F3N4O3. The highest BCUT2D eigenvalue weighted by atomic mass is 19.4. The molecular weight excluding hydrogens is 413 g/mol. The number of ether oxygens (including phenoxy) is 1. The van der Waals surface area contributed by atoms with Crippen molar-refractivity contribution >= 4 is 16.8 Å². The van der Waals surface area contributed by atoms with Gasteiger partial charge in [-0.1, -0.05) is 6.42 Å². The maximum absolute atomic E-state index is 13.2. The number of pyridine rings is 1. The molecule has 7 nitrogen and oxygen atoms in total. The minimum atomic E-state index is -4.60. The number of carbonyl (C=O) groups is 1. The molecule has 3 aromatic rings. The number of halogens is 3. The summed E-state index contributed by atoms with van der Waals surface area (Å²) in [5.74, 6) is -0.111. The van der Waals surface area contributed by atoms with Crippen molar-refractivity contribution in [2.75, 3.05) is 20.2 Å². The molecule has 2 aromatic heterocycles. The number of piperidine rings is 1. The molecule has 1 amide bonds. The van der Waals surface area contributed by atoms with Gasteiger partial charge in [0.15, 0.2) is 11.5 Å². The highest BCUT2D eigenvalue weighted by Crippen LogP contribution is 2.37. The lowest BCUT2D eigenvalue weighted by Gasteiger charge is -2.25. The van der Waals surface area contributed by atoms with E-state index in [9.17, 15) is 18.0 Å². The molecule has 0 aliphatic carbocycles. The predicted molar refractivity (Wildman–Crippen MR) is 106 cm³/mol. The molecule has 1 aliphatic rings. The van der Waals surface area contributed by atoms with Gasteiger partial charge in [-0.25, -0.2) is 9.97 Å². The van der Waals surface area contributed by atoms with Crippen molar-refractivity contribution in [2.24, 2.45) is 5.73 Å². The van der Waals surface area contributed by atoms with E-state index in [1.54, 1.807) is 6.07 Å². The van der Waals surface area contributed by atoms with E-state index >= 15 is 0 Å². The zero-order chi connectivity index (χ0) is 22.2. The Morgan fingerprint density at radius 1 is 1.16 bits per heavy atom. The van der Waals surface area contributed by atoms with Crippen LogP contribution < -0.4 is 10.5 Å². The van der Waals surface area contributed by atoms with Crippen LogP contribution in [0, 0.1) is 0 Å². The third-order valence-corrected chi connectivity index (χ3v) is 5.31. The van der Waals surface area contributed by atoms with E-state index in [0.29, 0.717) is 23.3 Å². The lowest BCUT2D eigenvalue weighted by molar-refractivity contribution is -0.140. The normalized spacial score (nSPS) is 15.4. The SMILES string of the molecule is COc1ccc(-c2nc(C(N)=O)c(CN3CCCCC3)o2)c2ccc(C(F)(F)F)nc12. The van der Waals surface area contributed by atoms with Crippen LogP contribution in [0.15, 0.2) is 28.7 Å². The number of primary amides is 1. The van der Waals surface area contributed by atoms with Gasteiger partial charge in [0.2, 0.25) is 5.89 Å². The zero-order valence-corrected chi connectivity index (χ0v) is 16.8. The molecule has 0 saturated carbocycles. The van der Waals surface area contributed by atoms with E-state index in [2.05, 4.69) is 14.9 Å². The predicted octanol–water partition coefficient (Wildman–Crippen LogP) is 4.00. The number of nitrogens with two attached hydrogens (primary N) is 1. The largest absolute Gasteiger partial charge is 0.494 e. The first-order valence-electron chi connectivity index (χ1n) is 9.85. The van der Waals surface area contributed by atoms with Gasteiger partial charge in [0, 0.05) is 10.9 Å². The topological polar surface area (TPSA) is 94.5 Å². The van der Waals surface area contributed by atoms with E-state index in [1.807, 2.05) is 0 Å². The molecule has 4 rings (SSSR count). The summed E-state index contributed by atoms with van der Waals surface area (Å²) >= 11 is 0. The smallest absolute Gasteiger partial charge is 0.433 e. The fraction of sp³-hybridized carbons (Fsp3) is 0.381. The number of oxazole rings is 1. The Kier molecular flexibility index (Phi) is 5.57. The number of nitrogens with zero attached hydrogens (tertiary/aromatic N) is 3. The van der Waals surface area contributed by atoms with Crippen LogP contribution in [-0.2, 0) is 12.7 Å². The van der Waals surface area contributed by atoms with Crippen LogP contribution in [0.4, 0.5) is 13.2 Å². The Morgan fingerprint density at radius 3 is 2.55 bits per heavy atom. The van der Waals surface area contributed by atoms with Gasteiger partial charge >= 0.3 is 6.18 Å². The number of benzene rings is 1. The maximum Gasteiger partial charge on any atom is 0.433 e. The molecule has 1 saturated heterocycles. The van der Waals surface area contributed by atoms with E-state index < -0.39 is 17.8 Å². The van der Waals surface area contributed by atoms with Crippen LogP contribution in [0.5, 0.6) is 5.75 Å². The second-order valence-electron chi connectivity index (χ2n) is 7.40. The Hall–Kier alpha value is -3.14. The van der Waals surface area contributed by atoms with Gasteiger partial charge in [-0.15, -0.1) is 0 Å². The van der Waals surface area contributed by atoms with Crippen molar-refractivity contribution in [3.05, 3.63) is 41.4 Å². The van der Waals surface area contributed by atoms with Crippen LogP contribution >= 0.6 is 0 Å². The standard InChI is InChI=1S/C21H21F3N4O3/c1-30-14-7-5-13(12-6-8-16(21(22,23)24)26-17(12)14)20-27-18(19(25)29)15(31-20)11-28-9-3-2-4-10-28/h5-8H,2-4,9-11H2,1H3,(H2,25,29). The number of carbonyl (C=O) groups excluding carboxylic acids is 1. The number of fused-ring (bicyclic) bond motifs is 1. The maximum atomic E-state index is 13.2. The molecule has 0 unspecified atom stereocenters. The van der Waals surface area contributed by atoms with Crippen molar-refractivity contribution in [2.45, 2.75) is 32.0 Å². The Morgan fingerprint density at radius 2 is 1.90 bits per heavy atom. The van der Waals surface area contributed by atoms with Crippen LogP contribution in [0.1, 0.15) is 41.2 Å². The van der Waals surface area contributed by atoms with Gasteiger partial charge in [0.1, 0.15) is 17.0 Å². The summed E-state index contributed by atoms with van der Waals surface area (Å²) in [6.07, 6.45) is -1.32. The summed E-state index contributed by atoms with van der Waals surface area (Å²) in [4.78, 5) is 22.1. The second kappa shape index (κ2) is 8.18. The molecule has 0 bridgehead atoms. The lowest BCUT2D eigenvalue weighted by Crippen LogP contribution is -2.30. The van der Waals surface area contributed by atoms with E-state index in [4.69, 9.17) is 14.9 Å². The molecule has 10 heteroatoms. The zero-order valence-electron chi connectivity index (χ0n) is 16.8. The highest BCUT2D eigenvalue weighted by Gasteiger charge is 2.33. The Labute approximate surface area is 176 Å². The minimum absolute atomic E-state index is 0.0180. The van der Waals surface area contributed by atoms with Crippen molar-refractivity contribution in [1.82, 2.24) is 14.9 Å². The van der Waals surface area contributed by atoms with Gasteiger partial charge in [0.05, 0.1) is 13.7 Å². The first-order chi connectivity index (χ1) is 14.8. The Bertz CT molecular complexity index is 1120. The second-order valence-corrected chi connectivity index (χ2v) is 7.40. The molecule has 0 spiro atoms. The number of methoxy groups -OCH3 is 1. The summed E-state index contributed by atoms with van der Waals surface area (Å²) in [6.45, 7) is 2.14. The van der Waals surface area contributed by atoms with E-state index in [1.165, 1.54) is 19.2 Å². The van der Waals surface area contributed by atoms with Gasteiger partial charge in [-0.3, -0.25) is 9.69 Å². The van der Waals surface area contributed by atoms with Gasteiger partial charge in [-0.2, -0.15) is 13.2 Å². The van der Waals surface area contributed by atoms with Crippen molar-refractivity contribution < 1.29 is 27.1 Å². The molecule has 1 aliphatic heterocycles. The number of alkyl halides is 3. The highest BCUT2D eigenvalue weighted by molar-refractivity contribution is 5.97. The molecule has 1 fully saturated rings. The van der Waals surface area contributed by atoms with Gasteiger partial charge in [0.25, 0.3) is 5.91 Å². The van der Waals surface area contributed by atoms with Gasteiger partial charge < -0.3 is 14.9 Å². The van der Waals surface area contributed by atoms with Crippen molar-refractivity contribution in [3.8, 4) is 17.2 Å². The number of likely N-dealkylation sites (tertiary alicyclic amines) is 1. The minimum Gasteiger partial charge on any atom is -0.494 e. The summed E-state index contributed by atoms with van der Waals surface area (Å²) in [5.41, 5.74) is 4.89. The molecule has 31 heavy (non-hydrogen) atoms. The van der Waals surface area contributed by atoms with Gasteiger partial charge in [-0.05, 0) is 50.2 Å². The fourth-order valence-electron chi connectivity index (χ4n) is 3.79. The number of aromatic nitrogens is 2. The third kappa shape index (κ3) is 4.20. The van der Waals surface area contributed by atoms with Crippen molar-refractivity contribution in [3.63, 3.8) is 0 Å².